The number of carbonyl (C=O) groups excluding carboxylic acids is 1. The van der Waals surface area contributed by atoms with Crippen LogP contribution in [0.3, 0.4) is 0 Å². The standard InChI is InChI=1S/C29H30N6O.C2H6/c1-21-7-12-25(18-27(21)34-29-31-15-13-26(33-29)24-6-5-14-30-19-24)32-28(36)23-10-8-22(9-11-23)20-35-16-3-2-4-17-35;1-2/h5-15,18-19H,2-4,16-17,20H2,1H3,(H,32,36)(H,31,33,34);1-2H3. The molecule has 0 atom stereocenters. The van der Waals surface area contributed by atoms with Crippen molar-refractivity contribution in [3.8, 4) is 11.3 Å². The first-order valence-electron chi connectivity index (χ1n) is 13.4. The van der Waals surface area contributed by atoms with Crippen molar-refractivity contribution in [2.45, 2.75) is 46.6 Å². The number of nitrogens with one attached hydrogen (secondary N) is 2. The SMILES string of the molecule is CC.Cc1ccc(NC(=O)c2ccc(CN3CCCCC3)cc2)cc1Nc1nccc(-c2cccnc2)n1. The maximum atomic E-state index is 12.9. The van der Waals surface area contributed by atoms with Crippen LogP contribution in [0.4, 0.5) is 17.3 Å². The Kier molecular flexibility index (Phi) is 9.54. The monoisotopic (exact) mass is 508 g/mol. The molecule has 2 aromatic carbocycles. The third-order valence-electron chi connectivity index (χ3n) is 6.43. The number of aromatic nitrogens is 3. The van der Waals surface area contributed by atoms with Crippen molar-refractivity contribution >= 4 is 23.2 Å². The molecule has 196 valence electrons. The van der Waals surface area contributed by atoms with Crippen molar-refractivity contribution in [2.24, 2.45) is 0 Å². The number of amides is 1. The fourth-order valence-electron chi connectivity index (χ4n) is 4.39. The Balaban J connectivity index is 0.00000164. The summed E-state index contributed by atoms with van der Waals surface area (Å²) in [6.07, 6.45) is 9.10. The molecule has 1 saturated heterocycles. The van der Waals surface area contributed by atoms with Crippen LogP contribution >= 0.6 is 0 Å². The average Bonchev–Trinajstić information content (AvgIpc) is 2.97. The zero-order valence-corrected chi connectivity index (χ0v) is 22.4. The molecule has 0 spiro atoms. The Morgan fingerprint density at radius 1 is 0.947 bits per heavy atom. The van der Waals surface area contributed by atoms with Gasteiger partial charge in [-0.1, -0.05) is 38.5 Å². The van der Waals surface area contributed by atoms with E-state index in [4.69, 9.17) is 0 Å². The minimum absolute atomic E-state index is 0.135. The van der Waals surface area contributed by atoms with Crippen LogP contribution in [0.2, 0.25) is 0 Å². The summed E-state index contributed by atoms with van der Waals surface area (Å²) in [5.41, 5.74) is 6.13. The molecule has 0 aliphatic carbocycles. The lowest BCUT2D eigenvalue weighted by atomic mass is 10.1. The number of aryl methyl sites for hydroxylation is 1. The Hall–Kier alpha value is -4.10. The highest BCUT2D eigenvalue weighted by Gasteiger charge is 2.12. The van der Waals surface area contributed by atoms with E-state index in [2.05, 4.69) is 42.6 Å². The third kappa shape index (κ3) is 7.23. The number of carbonyl (C=O) groups is 1. The first kappa shape index (κ1) is 26.9. The molecule has 1 amide bonds. The van der Waals surface area contributed by atoms with Gasteiger partial charge in [0.05, 0.1) is 5.69 Å². The zero-order chi connectivity index (χ0) is 26.7. The summed E-state index contributed by atoms with van der Waals surface area (Å²) < 4.78 is 0. The number of likely N-dealkylation sites (tertiary alicyclic amines) is 1. The van der Waals surface area contributed by atoms with Crippen molar-refractivity contribution in [1.29, 1.82) is 0 Å². The van der Waals surface area contributed by atoms with Gasteiger partial charge in [-0.25, -0.2) is 9.97 Å². The van der Waals surface area contributed by atoms with Crippen LogP contribution in [0, 0.1) is 6.92 Å². The zero-order valence-electron chi connectivity index (χ0n) is 22.4. The number of anilines is 3. The number of hydrogen-bond donors (Lipinski definition) is 2. The van der Waals surface area contributed by atoms with Crippen LogP contribution in [-0.4, -0.2) is 38.8 Å². The van der Waals surface area contributed by atoms with E-state index >= 15 is 0 Å². The highest BCUT2D eigenvalue weighted by Crippen LogP contribution is 2.25. The molecule has 7 heteroatoms. The van der Waals surface area contributed by atoms with Crippen molar-refractivity contribution in [3.05, 3.63) is 95.9 Å². The number of rotatable bonds is 7. The van der Waals surface area contributed by atoms with Gasteiger partial charge in [0.25, 0.3) is 5.91 Å². The minimum atomic E-state index is -0.135. The van der Waals surface area contributed by atoms with Crippen LogP contribution < -0.4 is 10.6 Å². The van der Waals surface area contributed by atoms with Crippen LogP contribution in [0.25, 0.3) is 11.3 Å². The summed E-state index contributed by atoms with van der Waals surface area (Å²) in [7, 11) is 0. The molecule has 2 N–H and O–H groups in total. The van der Waals surface area contributed by atoms with Gasteiger partial charge < -0.3 is 10.6 Å². The van der Waals surface area contributed by atoms with Gasteiger partial charge in [-0.05, 0) is 86.4 Å². The van der Waals surface area contributed by atoms with E-state index < -0.39 is 0 Å². The summed E-state index contributed by atoms with van der Waals surface area (Å²) in [6.45, 7) is 9.26. The molecule has 0 bridgehead atoms. The maximum Gasteiger partial charge on any atom is 0.255 e. The van der Waals surface area contributed by atoms with E-state index in [9.17, 15) is 4.79 Å². The number of benzene rings is 2. The smallest absolute Gasteiger partial charge is 0.255 e. The number of hydrogen-bond acceptors (Lipinski definition) is 6. The normalized spacial score (nSPS) is 13.2. The second kappa shape index (κ2) is 13.4. The Bertz CT molecular complexity index is 1320. The van der Waals surface area contributed by atoms with Crippen molar-refractivity contribution in [1.82, 2.24) is 19.9 Å². The molecule has 38 heavy (non-hydrogen) atoms. The Morgan fingerprint density at radius 2 is 1.74 bits per heavy atom. The van der Waals surface area contributed by atoms with Crippen molar-refractivity contribution in [2.75, 3.05) is 23.7 Å². The predicted octanol–water partition coefficient (Wildman–Crippen LogP) is 6.86. The van der Waals surface area contributed by atoms with Crippen molar-refractivity contribution < 1.29 is 4.79 Å². The molecule has 1 aliphatic heterocycles. The van der Waals surface area contributed by atoms with Gasteiger partial charge in [-0.3, -0.25) is 14.7 Å². The van der Waals surface area contributed by atoms with E-state index in [1.807, 2.05) is 69.3 Å². The molecule has 1 fully saturated rings. The van der Waals surface area contributed by atoms with Gasteiger partial charge in [0, 0.05) is 47.6 Å². The largest absolute Gasteiger partial charge is 0.324 e. The molecule has 1 aliphatic rings. The molecule has 4 aromatic rings. The lowest BCUT2D eigenvalue weighted by Crippen LogP contribution is -2.29. The first-order valence-corrected chi connectivity index (χ1v) is 13.4. The van der Waals surface area contributed by atoms with Crippen LogP contribution in [0.15, 0.2) is 79.3 Å². The Morgan fingerprint density at radius 3 is 2.47 bits per heavy atom. The summed E-state index contributed by atoms with van der Waals surface area (Å²) in [5, 5.41) is 6.29. The highest BCUT2D eigenvalue weighted by atomic mass is 16.1. The van der Waals surface area contributed by atoms with Gasteiger partial charge in [0.15, 0.2) is 0 Å². The second-order valence-corrected chi connectivity index (χ2v) is 9.15. The van der Waals surface area contributed by atoms with E-state index in [0.29, 0.717) is 17.2 Å². The summed E-state index contributed by atoms with van der Waals surface area (Å²) in [6, 6.07) is 19.4. The van der Waals surface area contributed by atoms with Gasteiger partial charge in [-0.15, -0.1) is 0 Å². The number of nitrogens with zero attached hydrogens (tertiary/aromatic N) is 4. The topological polar surface area (TPSA) is 83.0 Å². The van der Waals surface area contributed by atoms with Crippen LogP contribution in [0.5, 0.6) is 0 Å². The molecule has 7 nitrogen and oxygen atoms in total. The third-order valence-corrected chi connectivity index (χ3v) is 6.43. The van der Waals surface area contributed by atoms with Crippen molar-refractivity contribution in [3.63, 3.8) is 0 Å². The fourth-order valence-corrected chi connectivity index (χ4v) is 4.39. The summed E-state index contributed by atoms with van der Waals surface area (Å²) in [5.74, 6) is 0.344. The molecular formula is C31H36N6O. The van der Waals surface area contributed by atoms with Gasteiger partial charge >= 0.3 is 0 Å². The van der Waals surface area contributed by atoms with Gasteiger partial charge in [-0.2, -0.15) is 0 Å². The Labute approximate surface area is 225 Å². The van der Waals surface area contributed by atoms with Crippen LogP contribution in [-0.2, 0) is 6.54 Å². The van der Waals surface area contributed by atoms with E-state index in [-0.39, 0.29) is 5.91 Å². The maximum absolute atomic E-state index is 12.9. The van der Waals surface area contributed by atoms with E-state index in [1.54, 1.807) is 18.6 Å². The van der Waals surface area contributed by atoms with Gasteiger partial charge in [0.2, 0.25) is 5.95 Å². The average molecular weight is 509 g/mol. The molecule has 0 radical (unpaired) electrons. The number of pyridine rings is 1. The van der Waals surface area contributed by atoms with Crippen LogP contribution in [0.1, 0.15) is 54.6 Å². The minimum Gasteiger partial charge on any atom is -0.324 e. The highest BCUT2D eigenvalue weighted by molar-refractivity contribution is 6.04. The molecule has 2 aromatic heterocycles. The molecule has 0 unspecified atom stereocenters. The quantitative estimate of drug-likeness (QED) is 0.284. The fraction of sp³-hybridized carbons (Fsp3) is 0.290. The molecule has 5 rings (SSSR count). The lowest BCUT2D eigenvalue weighted by molar-refractivity contribution is 0.102. The summed E-state index contributed by atoms with van der Waals surface area (Å²) in [4.78, 5) is 28.5. The van der Waals surface area contributed by atoms with E-state index in [1.165, 1.54) is 24.8 Å². The molecule has 3 heterocycles. The first-order chi connectivity index (χ1) is 18.6. The van der Waals surface area contributed by atoms with Gasteiger partial charge in [0.1, 0.15) is 0 Å². The summed E-state index contributed by atoms with van der Waals surface area (Å²) >= 11 is 0. The predicted molar refractivity (Wildman–Crippen MR) is 155 cm³/mol. The lowest BCUT2D eigenvalue weighted by Gasteiger charge is -2.26. The van der Waals surface area contributed by atoms with E-state index in [0.717, 1.165) is 42.1 Å². The molecule has 0 saturated carbocycles. The molecular weight excluding hydrogens is 472 g/mol. The second-order valence-electron chi connectivity index (χ2n) is 9.15. The number of piperidine rings is 1.